The summed E-state index contributed by atoms with van der Waals surface area (Å²) in [4.78, 5) is 8.35. The predicted octanol–water partition coefficient (Wildman–Crippen LogP) is -3.45. The monoisotopic (exact) mass is 216 g/mol. The summed E-state index contributed by atoms with van der Waals surface area (Å²) in [5.74, 6) is 0. The molecule has 0 aliphatic carbocycles. The molecule has 0 fully saturated rings. The van der Waals surface area contributed by atoms with Crippen molar-refractivity contribution < 1.29 is 55.4 Å². The number of hydrogen-bond donors (Lipinski definition) is 0. The molecule has 0 N–H and O–H groups in total. The summed E-state index contributed by atoms with van der Waals surface area (Å²) >= 11 is 0. The van der Waals surface area contributed by atoms with Gasteiger partial charge in [0.1, 0.15) is 0 Å². The minimum absolute atomic E-state index is 0. The van der Waals surface area contributed by atoms with Crippen LogP contribution in [0.2, 0.25) is 0 Å². The van der Waals surface area contributed by atoms with Gasteiger partial charge in [0, 0.05) is 0 Å². The quantitative estimate of drug-likeness (QED) is 0.395. The second-order valence-corrected chi connectivity index (χ2v) is 0.224. The standard InChI is InChI=1S/ClH.2Co.HO2P/c;;;1-3-2/h1H;;;(H,1,2)/q;2*+2;/p-2. The molecule has 0 heterocycles. The van der Waals surface area contributed by atoms with Gasteiger partial charge in [0.05, 0.1) is 8.69 Å². The second-order valence-electron chi connectivity index (χ2n) is 0.0745. The van der Waals surface area contributed by atoms with E-state index in [1.165, 1.54) is 0 Å². The molecule has 0 saturated heterocycles. The summed E-state index contributed by atoms with van der Waals surface area (Å²) in [6.45, 7) is 0. The molecule has 6 heavy (non-hydrogen) atoms. The summed E-state index contributed by atoms with van der Waals surface area (Å²) in [7, 11) is -1.08. The van der Waals surface area contributed by atoms with Crippen LogP contribution in [0, 0.1) is 0 Å². The molecule has 2 radical (unpaired) electrons. The molecule has 0 aromatic heterocycles. The van der Waals surface area contributed by atoms with E-state index in [-0.39, 0.29) is 46.0 Å². The van der Waals surface area contributed by atoms with Crippen LogP contribution < -0.4 is 17.3 Å². The maximum Gasteiger partial charge on any atom is 2.00 e. The zero-order valence-corrected chi connectivity index (χ0v) is 6.04. The Morgan fingerprint density at radius 1 is 1.33 bits per heavy atom. The molecule has 0 saturated carbocycles. The van der Waals surface area contributed by atoms with E-state index in [0.29, 0.717) is 0 Å². The van der Waals surface area contributed by atoms with Crippen LogP contribution in [0.3, 0.4) is 0 Å². The SMILES string of the molecule is O=P[O-].[Cl-].[Co+2].[Co+2]. The van der Waals surface area contributed by atoms with Crippen LogP contribution in [-0.4, -0.2) is 0 Å². The maximum atomic E-state index is 8.35. The Bertz CT molecular complexity index is 19.0. The van der Waals surface area contributed by atoms with Crippen LogP contribution in [0.15, 0.2) is 0 Å². The van der Waals surface area contributed by atoms with Crippen LogP contribution in [0.4, 0.5) is 0 Å². The Labute approximate surface area is 64.2 Å². The minimum atomic E-state index is -1.08. The summed E-state index contributed by atoms with van der Waals surface area (Å²) < 4.78 is 8.35. The van der Waals surface area contributed by atoms with Gasteiger partial charge in [0.25, 0.3) is 0 Å². The van der Waals surface area contributed by atoms with Crippen molar-refractivity contribution in [3.05, 3.63) is 0 Å². The maximum absolute atomic E-state index is 8.35. The van der Waals surface area contributed by atoms with E-state index in [4.69, 9.17) is 9.46 Å². The van der Waals surface area contributed by atoms with Crippen molar-refractivity contribution in [2.24, 2.45) is 0 Å². The van der Waals surface area contributed by atoms with E-state index in [1.807, 2.05) is 0 Å². The van der Waals surface area contributed by atoms with Gasteiger partial charge in [-0.1, -0.05) is 0 Å². The van der Waals surface area contributed by atoms with Gasteiger partial charge in [0.15, 0.2) is 0 Å². The minimum Gasteiger partial charge on any atom is -1.00 e. The van der Waals surface area contributed by atoms with Crippen LogP contribution in [0.1, 0.15) is 0 Å². The zero-order valence-electron chi connectivity index (χ0n) is 2.31. The number of halogens is 1. The number of rotatable bonds is 0. The molecule has 0 unspecified atom stereocenters. The molecule has 0 amide bonds. The van der Waals surface area contributed by atoms with Crippen molar-refractivity contribution in [2.45, 2.75) is 0 Å². The molecule has 0 aromatic carbocycles. The van der Waals surface area contributed by atoms with E-state index in [2.05, 4.69) is 0 Å². The largest absolute Gasteiger partial charge is 2.00 e. The van der Waals surface area contributed by atoms with Crippen molar-refractivity contribution in [1.29, 1.82) is 0 Å². The van der Waals surface area contributed by atoms with E-state index in [1.54, 1.807) is 0 Å². The van der Waals surface area contributed by atoms with Crippen molar-refractivity contribution in [1.82, 2.24) is 0 Å². The number of hydrogen-bond acceptors (Lipinski definition) is 2. The molecule has 0 aromatic rings. The molecule has 0 aliphatic heterocycles. The zero-order chi connectivity index (χ0) is 2.71. The Morgan fingerprint density at radius 2 is 1.33 bits per heavy atom. The summed E-state index contributed by atoms with van der Waals surface area (Å²) in [5.41, 5.74) is 0. The Kier molecular flexibility index (Phi) is 144. The average Bonchev–Trinajstić information content (AvgIpc) is 0.918. The van der Waals surface area contributed by atoms with Crippen LogP contribution in [0.25, 0.3) is 0 Å². The molecular formula is ClCo2O2P+2. The normalized spacial score (nSPS) is 3.50. The van der Waals surface area contributed by atoms with E-state index in [9.17, 15) is 0 Å². The molecule has 0 spiro atoms. The van der Waals surface area contributed by atoms with Gasteiger partial charge in [-0.25, -0.2) is 0 Å². The van der Waals surface area contributed by atoms with Gasteiger partial charge in [-0.2, -0.15) is 0 Å². The van der Waals surface area contributed by atoms with Crippen molar-refractivity contribution in [2.75, 3.05) is 0 Å². The van der Waals surface area contributed by atoms with Gasteiger partial charge < -0.3 is 17.3 Å². The smallest absolute Gasteiger partial charge is 1.00 e. The second kappa shape index (κ2) is 32.8. The van der Waals surface area contributed by atoms with Crippen molar-refractivity contribution in [3.8, 4) is 0 Å². The van der Waals surface area contributed by atoms with Gasteiger partial charge in [-0.3, -0.25) is 4.57 Å². The molecule has 0 aliphatic rings. The summed E-state index contributed by atoms with van der Waals surface area (Å²) in [5, 5.41) is 0. The summed E-state index contributed by atoms with van der Waals surface area (Å²) in [6.07, 6.45) is 0. The topological polar surface area (TPSA) is 40.1 Å². The fourth-order valence-electron chi connectivity index (χ4n) is 0. The van der Waals surface area contributed by atoms with Crippen LogP contribution in [-0.2, 0) is 38.1 Å². The third-order valence-corrected chi connectivity index (χ3v) is 0. The molecule has 0 rings (SSSR count). The summed E-state index contributed by atoms with van der Waals surface area (Å²) in [6, 6.07) is 0. The van der Waals surface area contributed by atoms with E-state index in [0.717, 1.165) is 0 Å². The van der Waals surface area contributed by atoms with Crippen LogP contribution in [0.5, 0.6) is 0 Å². The van der Waals surface area contributed by atoms with Gasteiger partial charge in [-0.15, -0.1) is 0 Å². The molecular weight excluding hydrogens is 216 g/mol. The van der Waals surface area contributed by atoms with E-state index < -0.39 is 8.69 Å². The third kappa shape index (κ3) is 55.0. The fraction of sp³-hybridized carbons (Fsp3) is 0. The van der Waals surface area contributed by atoms with E-state index >= 15 is 0 Å². The first-order chi connectivity index (χ1) is 1.41. The average molecular weight is 216 g/mol. The molecule has 40 valence electrons. The third-order valence-electron chi connectivity index (χ3n) is 0. The first kappa shape index (κ1) is 26.4. The molecule has 6 heteroatoms. The molecule has 0 atom stereocenters. The van der Waals surface area contributed by atoms with Crippen LogP contribution >= 0.6 is 8.69 Å². The van der Waals surface area contributed by atoms with Crippen molar-refractivity contribution >= 4 is 8.69 Å². The Hall–Kier alpha value is 1.36. The Balaban J connectivity index is -0.00000000667. The first-order valence-electron chi connectivity index (χ1n) is 0.365. The van der Waals surface area contributed by atoms with Crippen molar-refractivity contribution in [3.63, 3.8) is 0 Å². The van der Waals surface area contributed by atoms with Gasteiger partial charge >= 0.3 is 33.6 Å². The van der Waals surface area contributed by atoms with Gasteiger partial charge in [-0.05, 0) is 0 Å². The first-order valence-corrected chi connectivity index (χ1v) is 1.10. The molecule has 0 bridgehead atoms. The Morgan fingerprint density at radius 3 is 1.33 bits per heavy atom. The van der Waals surface area contributed by atoms with Gasteiger partial charge in [0.2, 0.25) is 0 Å². The molecule has 2 nitrogen and oxygen atoms in total. The predicted molar refractivity (Wildman–Crippen MR) is 7.61 cm³/mol. The fourth-order valence-corrected chi connectivity index (χ4v) is 0.